The molecule has 3 aromatic rings. The Morgan fingerprint density at radius 2 is 2.03 bits per heavy atom. The van der Waals surface area contributed by atoms with Crippen molar-refractivity contribution in [3.63, 3.8) is 0 Å². The Balaban J connectivity index is 1.09. The number of ether oxygens (including phenoxy) is 2. The predicted molar refractivity (Wildman–Crippen MR) is 131 cm³/mol. The summed E-state index contributed by atoms with van der Waals surface area (Å²) in [7, 11) is 0. The van der Waals surface area contributed by atoms with Crippen LogP contribution in [-0.2, 0) is 13.0 Å². The zero-order valence-electron chi connectivity index (χ0n) is 19.7. The molecule has 10 heteroatoms. The number of aldehydes is 1. The standard InChI is InChI=1S/C26H25FN5O3.Pb/c1-31-7-5-21-20(12-31)23(4-6-29-21)34-19-9-26(10-19)14-32(15-26)25-24(11-28-16-30-25)35-22-3-2-18(27)8-17(22)13-33;/h2-4,6,8,11,13,16,19H,1,5,7,9-10,12,14-15H2;. The van der Waals surface area contributed by atoms with Crippen molar-refractivity contribution in [2.45, 2.75) is 31.9 Å². The van der Waals surface area contributed by atoms with E-state index in [1.165, 1.54) is 59.6 Å². The van der Waals surface area contributed by atoms with Gasteiger partial charge in [0.05, 0.1) is 11.8 Å². The Morgan fingerprint density at radius 3 is 2.83 bits per heavy atom. The van der Waals surface area contributed by atoms with Gasteiger partial charge in [0.15, 0.2) is 12.0 Å². The molecule has 2 aromatic heterocycles. The first-order valence-electron chi connectivity index (χ1n) is 12.0. The monoisotopic (exact) mass is 682 g/mol. The molecular weight excluding hydrogens is 657 g/mol. The van der Waals surface area contributed by atoms with Crippen molar-refractivity contribution >= 4 is 37.9 Å². The van der Waals surface area contributed by atoms with Gasteiger partial charge in [0.2, 0.25) is 0 Å². The number of carbonyl (C=O) groups is 1. The summed E-state index contributed by atoms with van der Waals surface area (Å²) in [4.78, 5) is 29.1. The maximum atomic E-state index is 13.5. The van der Waals surface area contributed by atoms with Gasteiger partial charge in [0.25, 0.3) is 0 Å². The van der Waals surface area contributed by atoms with Crippen molar-refractivity contribution in [1.82, 2.24) is 19.9 Å². The van der Waals surface area contributed by atoms with Crippen molar-refractivity contribution < 1.29 is 18.7 Å². The molecule has 0 unspecified atom stereocenters. The van der Waals surface area contributed by atoms with E-state index in [1.807, 2.05) is 12.3 Å². The van der Waals surface area contributed by atoms with Gasteiger partial charge in [0, 0.05) is 0 Å². The molecule has 0 bridgehead atoms. The zero-order chi connectivity index (χ0) is 24.7. The summed E-state index contributed by atoms with van der Waals surface area (Å²) in [6, 6.07) is 5.88. The number of pyridine rings is 1. The molecule has 2 fully saturated rings. The number of rotatable bonds is 7. The summed E-state index contributed by atoms with van der Waals surface area (Å²) < 4.78 is 27.1. The third kappa shape index (κ3) is 4.47. The van der Waals surface area contributed by atoms with Gasteiger partial charge >= 0.3 is 141 Å². The van der Waals surface area contributed by atoms with Crippen LogP contribution in [-0.4, -0.2) is 81.7 Å². The van der Waals surface area contributed by atoms with E-state index >= 15 is 0 Å². The van der Waals surface area contributed by atoms with Crippen LogP contribution in [0.4, 0.5) is 10.2 Å². The molecule has 8 nitrogen and oxygen atoms in total. The number of benzene rings is 1. The van der Waals surface area contributed by atoms with Crippen molar-refractivity contribution in [2.75, 3.05) is 28.6 Å². The molecule has 4 heterocycles. The van der Waals surface area contributed by atoms with Crippen molar-refractivity contribution in [1.29, 1.82) is 0 Å². The van der Waals surface area contributed by atoms with Gasteiger partial charge in [-0.2, -0.15) is 0 Å². The average Bonchev–Trinajstić information content (AvgIpc) is 2.86. The second-order valence-electron chi connectivity index (χ2n) is 9.81. The van der Waals surface area contributed by atoms with Gasteiger partial charge in [-0.3, -0.25) is 4.79 Å². The Bertz CT molecular complexity index is 1290. The van der Waals surface area contributed by atoms with E-state index in [1.54, 1.807) is 6.20 Å². The van der Waals surface area contributed by atoms with Gasteiger partial charge in [-0.05, 0) is 18.2 Å². The van der Waals surface area contributed by atoms with E-state index in [2.05, 4.69) is 24.8 Å². The number of nitrogens with zero attached hydrogens (tertiary/aromatic N) is 5. The van der Waals surface area contributed by atoms with Crippen LogP contribution in [0.15, 0.2) is 43.0 Å². The minimum absolute atomic E-state index is 0.145. The van der Waals surface area contributed by atoms with Crippen LogP contribution in [0.1, 0.15) is 34.5 Å². The fraction of sp³-hybridized carbons (Fsp3) is 0.385. The number of fused-ring (bicyclic) bond motifs is 1. The number of aromatic nitrogens is 3. The number of hydrogen-bond acceptors (Lipinski definition) is 8. The molecule has 36 heavy (non-hydrogen) atoms. The van der Waals surface area contributed by atoms with E-state index in [0.29, 0.717) is 17.9 Å². The molecule has 0 atom stereocenters. The topological polar surface area (TPSA) is 80.7 Å². The Kier molecular flexibility index (Phi) is 6.36. The van der Waals surface area contributed by atoms with Crippen LogP contribution in [0.25, 0.3) is 0 Å². The second kappa shape index (κ2) is 9.66. The van der Waals surface area contributed by atoms with Crippen LogP contribution in [0.2, 0.25) is 0 Å². The molecule has 1 aliphatic carbocycles. The maximum absolute atomic E-state index is 13.5. The van der Waals surface area contributed by atoms with Crippen LogP contribution in [0.3, 0.4) is 0 Å². The average molecular weight is 682 g/mol. The SMILES string of the molecule is O=Cc1cc(F)ccc1Oc1cncnc1N1CC2(CC(Oc3ccnc4c3CN([CH2][Pb])CC4)C2)C1. The molecular formula is C26H25FN5O3Pb. The third-order valence-electron chi connectivity index (χ3n) is 7.32. The summed E-state index contributed by atoms with van der Waals surface area (Å²) in [6.07, 6.45) is 8.72. The van der Waals surface area contributed by atoms with Gasteiger partial charge in [-0.1, -0.05) is 0 Å². The molecule has 1 saturated carbocycles. The zero-order valence-corrected chi connectivity index (χ0v) is 23.6. The fourth-order valence-electron chi connectivity index (χ4n) is 5.50. The van der Waals surface area contributed by atoms with Crippen LogP contribution in [0.5, 0.6) is 17.2 Å². The minimum atomic E-state index is -0.489. The summed E-state index contributed by atoms with van der Waals surface area (Å²) in [6.45, 7) is 3.73. The second-order valence-corrected chi connectivity index (χ2v) is 11.0. The number of carbonyl (C=O) groups excluding carboxylic acids is 1. The van der Waals surface area contributed by atoms with Crippen LogP contribution in [0, 0.1) is 11.2 Å². The van der Waals surface area contributed by atoms with Gasteiger partial charge in [-0.25, -0.2) is 14.4 Å². The van der Waals surface area contributed by atoms with E-state index in [4.69, 9.17) is 9.47 Å². The van der Waals surface area contributed by atoms with Crippen molar-refractivity contribution in [3.8, 4) is 17.2 Å². The first kappa shape index (κ1) is 23.7. The Hall–Kier alpha value is -2.67. The van der Waals surface area contributed by atoms with Gasteiger partial charge in [-0.15, -0.1) is 0 Å². The number of halogens is 1. The number of anilines is 1. The summed E-state index contributed by atoms with van der Waals surface area (Å²) in [5.41, 5.74) is 2.79. The molecule has 3 radical (unpaired) electrons. The molecule has 0 amide bonds. The van der Waals surface area contributed by atoms with Crippen molar-refractivity contribution in [3.05, 3.63) is 65.6 Å². The summed E-state index contributed by atoms with van der Waals surface area (Å²) >= 11 is 1.17. The first-order valence-corrected chi connectivity index (χ1v) is 14.8. The van der Waals surface area contributed by atoms with Gasteiger partial charge < -0.3 is 4.74 Å². The van der Waals surface area contributed by atoms with E-state index in [-0.39, 0.29) is 22.8 Å². The quantitative estimate of drug-likeness (QED) is 0.278. The molecule has 3 aliphatic rings. The summed E-state index contributed by atoms with van der Waals surface area (Å²) in [5.74, 6) is 1.90. The Morgan fingerprint density at radius 1 is 1.17 bits per heavy atom. The third-order valence-corrected chi connectivity index (χ3v) is 9.06. The molecule has 1 aromatic carbocycles. The first-order chi connectivity index (χ1) is 17.6. The molecule has 1 saturated heterocycles. The number of hydrogen-bond donors (Lipinski definition) is 0. The van der Waals surface area contributed by atoms with Gasteiger partial charge in [0.1, 0.15) is 17.9 Å². The predicted octanol–water partition coefficient (Wildman–Crippen LogP) is 3.15. The molecule has 183 valence electrons. The van der Waals surface area contributed by atoms with Crippen LogP contribution >= 0.6 is 0 Å². The van der Waals surface area contributed by atoms with E-state index < -0.39 is 5.82 Å². The molecule has 0 N–H and O–H groups in total. The van der Waals surface area contributed by atoms with Crippen LogP contribution < -0.4 is 14.4 Å². The molecule has 6 rings (SSSR count). The summed E-state index contributed by atoms with van der Waals surface area (Å²) in [5, 5.41) is 0. The Labute approximate surface area is 224 Å². The molecule has 2 aliphatic heterocycles. The molecule has 1 spiro atoms. The fourth-order valence-corrected chi connectivity index (χ4v) is 6.54. The van der Waals surface area contributed by atoms with E-state index in [0.717, 1.165) is 57.3 Å². The normalized spacial score (nSPS) is 18.8. The van der Waals surface area contributed by atoms with E-state index in [9.17, 15) is 9.18 Å². The van der Waals surface area contributed by atoms with Crippen molar-refractivity contribution in [2.24, 2.45) is 5.41 Å².